The molecule has 7 nitrogen and oxygen atoms in total. The standard InChI is InChI=1S/C14H17N3O4/c18-13(10-7-11(10)14(19)20)16-9-1-2-12(15-8-9)17-3-5-21-6-4-17/h1-2,8,10-11H,3-7H2,(H,16,18)(H,19,20)/t10-,11+/m1/s1. The number of aromatic nitrogens is 1. The number of carbonyl (C=O) groups excluding carboxylic acids is 1. The molecule has 1 aliphatic heterocycles. The van der Waals surface area contributed by atoms with Crippen LogP contribution in [0.25, 0.3) is 0 Å². The smallest absolute Gasteiger partial charge is 0.307 e. The van der Waals surface area contributed by atoms with Gasteiger partial charge in [0.1, 0.15) is 5.82 Å². The van der Waals surface area contributed by atoms with Crippen molar-refractivity contribution in [3.8, 4) is 0 Å². The first-order chi connectivity index (χ1) is 10.1. The summed E-state index contributed by atoms with van der Waals surface area (Å²) >= 11 is 0. The molecule has 0 aromatic carbocycles. The van der Waals surface area contributed by atoms with Crippen molar-refractivity contribution in [1.82, 2.24) is 4.98 Å². The van der Waals surface area contributed by atoms with Gasteiger partial charge in [0.2, 0.25) is 5.91 Å². The molecule has 0 bridgehead atoms. The molecule has 0 radical (unpaired) electrons. The number of nitrogens with one attached hydrogen (secondary N) is 1. The summed E-state index contributed by atoms with van der Waals surface area (Å²) in [7, 11) is 0. The van der Waals surface area contributed by atoms with E-state index in [1.165, 1.54) is 0 Å². The van der Waals surface area contributed by atoms with Crippen LogP contribution < -0.4 is 10.2 Å². The van der Waals surface area contributed by atoms with Crippen LogP contribution in [-0.4, -0.2) is 48.3 Å². The Morgan fingerprint density at radius 3 is 2.62 bits per heavy atom. The van der Waals surface area contributed by atoms with Crippen LogP contribution in [0.4, 0.5) is 11.5 Å². The lowest BCUT2D eigenvalue weighted by Crippen LogP contribution is -2.36. The Bertz CT molecular complexity index is 540. The SMILES string of the molecule is O=C(O)[C@H]1C[C@H]1C(=O)Nc1ccc(N2CCOCC2)nc1. The van der Waals surface area contributed by atoms with Crippen molar-refractivity contribution in [2.45, 2.75) is 6.42 Å². The Morgan fingerprint density at radius 2 is 2.05 bits per heavy atom. The zero-order valence-corrected chi connectivity index (χ0v) is 11.5. The number of rotatable bonds is 4. The van der Waals surface area contributed by atoms with Crippen LogP contribution >= 0.6 is 0 Å². The van der Waals surface area contributed by atoms with E-state index in [9.17, 15) is 9.59 Å². The third-order valence-corrected chi connectivity index (χ3v) is 3.79. The van der Waals surface area contributed by atoms with Gasteiger partial charge in [-0.05, 0) is 18.6 Å². The second-order valence-corrected chi connectivity index (χ2v) is 5.28. The molecule has 112 valence electrons. The molecule has 1 aliphatic carbocycles. The fourth-order valence-corrected chi connectivity index (χ4v) is 2.43. The number of hydrogen-bond donors (Lipinski definition) is 2. The van der Waals surface area contributed by atoms with E-state index in [2.05, 4.69) is 15.2 Å². The maximum Gasteiger partial charge on any atom is 0.307 e. The van der Waals surface area contributed by atoms with Crippen molar-refractivity contribution in [1.29, 1.82) is 0 Å². The number of carboxylic acid groups (broad SMARTS) is 1. The Morgan fingerprint density at radius 1 is 1.29 bits per heavy atom. The Balaban J connectivity index is 1.57. The number of aliphatic carboxylic acids is 1. The van der Waals surface area contributed by atoms with Gasteiger partial charge in [0, 0.05) is 13.1 Å². The maximum absolute atomic E-state index is 11.8. The predicted molar refractivity (Wildman–Crippen MR) is 75.1 cm³/mol. The zero-order valence-electron chi connectivity index (χ0n) is 11.5. The van der Waals surface area contributed by atoms with Gasteiger partial charge in [-0.2, -0.15) is 0 Å². The van der Waals surface area contributed by atoms with Gasteiger partial charge in [0.15, 0.2) is 0 Å². The lowest BCUT2D eigenvalue weighted by Gasteiger charge is -2.27. The molecule has 1 aromatic rings. The third kappa shape index (κ3) is 3.13. The lowest BCUT2D eigenvalue weighted by molar-refractivity contribution is -0.139. The van der Waals surface area contributed by atoms with E-state index in [-0.39, 0.29) is 5.91 Å². The quantitative estimate of drug-likeness (QED) is 0.843. The van der Waals surface area contributed by atoms with Crippen LogP contribution in [0, 0.1) is 11.8 Å². The summed E-state index contributed by atoms with van der Waals surface area (Å²) in [5.41, 5.74) is 0.591. The van der Waals surface area contributed by atoms with Gasteiger partial charge in [-0.15, -0.1) is 0 Å². The Kier molecular flexibility index (Phi) is 3.74. The van der Waals surface area contributed by atoms with Crippen LogP contribution in [0.3, 0.4) is 0 Å². The minimum atomic E-state index is -0.907. The summed E-state index contributed by atoms with van der Waals surface area (Å²) in [4.78, 5) is 29.0. The molecule has 2 fully saturated rings. The number of carbonyl (C=O) groups is 2. The van der Waals surface area contributed by atoms with Gasteiger partial charge in [0.25, 0.3) is 0 Å². The molecule has 1 amide bonds. The second-order valence-electron chi connectivity index (χ2n) is 5.28. The second kappa shape index (κ2) is 5.69. The molecule has 1 saturated carbocycles. The van der Waals surface area contributed by atoms with Gasteiger partial charge in [-0.25, -0.2) is 4.98 Å². The average Bonchev–Trinajstić information content (AvgIpc) is 3.30. The summed E-state index contributed by atoms with van der Waals surface area (Å²) in [6.45, 7) is 3.00. The number of ether oxygens (including phenoxy) is 1. The fraction of sp³-hybridized carbons (Fsp3) is 0.500. The highest BCUT2D eigenvalue weighted by atomic mass is 16.5. The summed E-state index contributed by atoms with van der Waals surface area (Å²) < 4.78 is 5.29. The molecule has 2 atom stereocenters. The first-order valence-corrected chi connectivity index (χ1v) is 6.97. The molecular formula is C14H17N3O4. The zero-order chi connectivity index (χ0) is 14.8. The van der Waals surface area contributed by atoms with Crippen LogP contribution in [0.1, 0.15) is 6.42 Å². The molecule has 2 heterocycles. The van der Waals surface area contributed by atoms with Gasteiger partial charge < -0.3 is 20.1 Å². The summed E-state index contributed by atoms with van der Waals surface area (Å²) in [5, 5.41) is 11.5. The van der Waals surface area contributed by atoms with Crippen LogP contribution in [0.5, 0.6) is 0 Å². The monoisotopic (exact) mass is 291 g/mol. The Hall–Kier alpha value is -2.15. The first-order valence-electron chi connectivity index (χ1n) is 6.97. The molecule has 2 N–H and O–H groups in total. The molecule has 7 heteroatoms. The van der Waals surface area contributed by atoms with Gasteiger partial charge >= 0.3 is 5.97 Å². The van der Waals surface area contributed by atoms with Crippen molar-refractivity contribution < 1.29 is 19.4 Å². The number of pyridine rings is 1. The Labute approximate surface area is 121 Å². The highest BCUT2D eigenvalue weighted by Crippen LogP contribution is 2.39. The number of hydrogen-bond acceptors (Lipinski definition) is 5. The van der Waals surface area contributed by atoms with E-state index >= 15 is 0 Å². The molecular weight excluding hydrogens is 274 g/mol. The molecule has 3 rings (SSSR count). The average molecular weight is 291 g/mol. The van der Waals surface area contributed by atoms with Crippen molar-refractivity contribution in [2.24, 2.45) is 11.8 Å². The number of anilines is 2. The molecule has 2 aliphatic rings. The van der Waals surface area contributed by atoms with Crippen LogP contribution in [0.15, 0.2) is 18.3 Å². The van der Waals surface area contributed by atoms with E-state index in [4.69, 9.17) is 9.84 Å². The van der Waals surface area contributed by atoms with Crippen LogP contribution in [0.2, 0.25) is 0 Å². The third-order valence-electron chi connectivity index (χ3n) is 3.79. The lowest BCUT2D eigenvalue weighted by atomic mass is 10.3. The van der Waals surface area contributed by atoms with E-state index in [0.29, 0.717) is 25.3 Å². The molecule has 1 aromatic heterocycles. The van der Waals surface area contributed by atoms with Crippen LogP contribution in [-0.2, 0) is 14.3 Å². The van der Waals surface area contributed by atoms with E-state index in [1.807, 2.05) is 6.07 Å². The topological polar surface area (TPSA) is 91.8 Å². The summed E-state index contributed by atoms with van der Waals surface area (Å²) in [6.07, 6.45) is 2.02. The highest BCUT2D eigenvalue weighted by Gasteiger charge is 2.48. The van der Waals surface area contributed by atoms with Gasteiger partial charge in [0.05, 0.1) is 36.9 Å². The largest absolute Gasteiger partial charge is 0.481 e. The summed E-state index contributed by atoms with van der Waals surface area (Å²) in [5.74, 6) is -1.25. The van der Waals surface area contributed by atoms with E-state index in [1.54, 1.807) is 12.3 Å². The van der Waals surface area contributed by atoms with Gasteiger partial charge in [-0.3, -0.25) is 9.59 Å². The van der Waals surface area contributed by atoms with E-state index < -0.39 is 17.8 Å². The van der Waals surface area contributed by atoms with Crippen molar-refractivity contribution >= 4 is 23.4 Å². The molecule has 0 unspecified atom stereocenters. The number of nitrogens with zero attached hydrogens (tertiary/aromatic N) is 2. The number of amides is 1. The minimum absolute atomic E-state index is 0.247. The highest BCUT2D eigenvalue weighted by molar-refractivity contribution is 5.98. The normalized spacial score (nSPS) is 24.5. The first kappa shape index (κ1) is 13.8. The minimum Gasteiger partial charge on any atom is -0.481 e. The molecule has 21 heavy (non-hydrogen) atoms. The van der Waals surface area contributed by atoms with Crippen molar-refractivity contribution in [2.75, 3.05) is 36.5 Å². The van der Waals surface area contributed by atoms with Crippen molar-refractivity contribution in [3.05, 3.63) is 18.3 Å². The number of carboxylic acids is 1. The van der Waals surface area contributed by atoms with Crippen molar-refractivity contribution in [3.63, 3.8) is 0 Å². The van der Waals surface area contributed by atoms with E-state index in [0.717, 1.165) is 18.9 Å². The predicted octanol–water partition coefficient (Wildman–Crippen LogP) is 0.577. The summed E-state index contributed by atoms with van der Waals surface area (Å²) in [6, 6.07) is 3.64. The number of morpholine rings is 1. The molecule has 1 saturated heterocycles. The molecule has 0 spiro atoms. The van der Waals surface area contributed by atoms with Gasteiger partial charge in [-0.1, -0.05) is 0 Å². The fourth-order valence-electron chi connectivity index (χ4n) is 2.43. The maximum atomic E-state index is 11.8.